The smallest absolute Gasteiger partial charge is 0.317 e. The van der Waals surface area contributed by atoms with Crippen molar-refractivity contribution in [1.82, 2.24) is 20.3 Å². The number of ether oxygens (including phenoxy) is 2. The lowest BCUT2D eigenvalue weighted by Gasteiger charge is -2.30. The normalized spacial score (nSPS) is 24.6. The number of hydrogen-bond donors (Lipinski definition) is 4. The van der Waals surface area contributed by atoms with Crippen LogP contribution in [0, 0.1) is 50.4 Å². The van der Waals surface area contributed by atoms with Gasteiger partial charge in [-0.2, -0.15) is 0 Å². The SMILES string of the molecule is C/C=c1\c(C)c2[nH]\c1=C/c1[nH]c3c(c1C)C(=O)[C@H](C(=O)OC)C3C1NC(Cc3[nH]c(/c(=C/C)c3C)=C\2)[C@@H](C)[C@@H]1CCC(=O)OC/C=C(\C)CCC[C@H](C)CCC[C@H](C)CCCCC. The van der Waals surface area contributed by atoms with E-state index in [9.17, 15) is 14.4 Å². The van der Waals surface area contributed by atoms with Crippen molar-refractivity contribution in [2.45, 2.75) is 171 Å². The topological polar surface area (TPSA) is 129 Å². The van der Waals surface area contributed by atoms with Crippen molar-refractivity contribution < 1.29 is 23.9 Å². The van der Waals surface area contributed by atoms with Gasteiger partial charge in [-0.25, -0.2) is 0 Å². The Kier molecular flexibility index (Phi) is 16.4. The molecule has 3 aromatic rings. The van der Waals surface area contributed by atoms with E-state index >= 15 is 0 Å². The Morgan fingerprint density at radius 1 is 0.841 bits per heavy atom. The lowest BCUT2D eigenvalue weighted by atomic mass is 9.76. The molecule has 3 aromatic heterocycles. The zero-order valence-electron chi connectivity index (χ0n) is 40.4. The Morgan fingerprint density at radius 2 is 1.48 bits per heavy atom. The van der Waals surface area contributed by atoms with Crippen LogP contribution in [-0.4, -0.2) is 58.5 Å². The summed E-state index contributed by atoms with van der Waals surface area (Å²) in [4.78, 5) is 52.7. The average molecular weight is 863 g/mol. The first-order valence-corrected chi connectivity index (χ1v) is 24.4. The molecule has 6 rings (SSSR count). The van der Waals surface area contributed by atoms with Crippen molar-refractivity contribution in [3.63, 3.8) is 0 Å². The van der Waals surface area contributed by atoms with Crippen LogP contribution in [0.2, 0.25) is 0 Å². The standard InChI is InChI=1S/C54H78N4O5/c1-12-15-16-19-31(4)20-17-21-32(5)22-18-23-33(6)26-27-63-47(59)25-24-40-36(9)43-28-41-34(7)38(13-2)45(55-41)29-42-35(8)39(14-3)46(56-42)30-44-37(10)48-52(58-44)49(51(40)57-43)50(53(48)60)54(61)62-11/h13-14,26,29-32,36,40,43,49-51,55-58H,12,15-25,27-28H2,1-11H3/b33-26+,38-13+,39-14+,45-29-,46-30-/t31-,32-,36+,40+,43?,49?,50-,51?/m1/s1. The Labute approximate surface area is 376 Å². The number of methoxy groups -OCH3 is 1. The Balaban J connectivity index is 1.20. The number of aromatic amines is 3. The van der Waals surface area contributed by atoms with Crippen LogP contribution in [0.1, 0.15) is 181 Å². The molecule has 1 saturated heterocycles. The lowest BCUT2D eigenvalue weighted by Crippen LogP contribution is -2.42. The second-order valence-electron chi connectivity index (χ2n) is 19.6. The predicted octanol–water partition coefficient (Wildman–Crippen LogP) is 8.54. The van der Waals surface area contributed by atoms with Gasteiger partial charge < -0.3 is 29.7 Å². The maximum atomic E-state index is 14.5. The van der Waals surface area contributed by atoms with Gasteiger partial charge in [0.25, 0.3) is 0 Å². The third kappa shape index (κ3) is 10.6. The van der Waals surface area contributed by atoms with Crippen LogP contribution >= 0.6 is 0 Å². The predicted molar refractivity (Wildman–Crippen MR) is 256 cm³/mol. The molecule has 9 nitrogen and oxygen atoms in total. The molecule has 2 aliphatic heterocycles. The van der Waals surface area contributed by atoms with E-state index in [1.165, 1.54) is 74.8 Å². The minimum Gasteiger partial charge on any atom is -0.468 e. The summed E-state index contributed by atoms with van der Waals surface area (Å²) in [5, 5.41) is 8.25. The first-order chi connectivity index (χ1) is 30.2. The van der Waals surface area contributed by atoms with Crippen molar-refractivity contribution in [2.75, 3.05) is 13.7 Å². The van der Waals surface area contributed by atoms with Crippen LogP contribution in [0.15, 0.2) is 11.6 Å². The summed E-state index contributed by atoms with van der Waals surface area (Å²) in [6.45, 7) is 22.1. The van der Waals surface area contributed by atoms with Gasteiger partial charge in [0.05, 0.1) is 7.11 Å². The monoisotopic (exact) mass is 863 g/mol. The molecule has 0 saturated carbocycles. The number of Topliss-reactive ketones (excluding diaryl/α,β-unsaturated/α-hetero) is 1. The van der Waals surface area contributed by atoms with E-state index in [1.807, 2.05) is 13.8 Å². The van der Waals surface area contributed by atoms with Gasteiger partial charge in [-0.15, -0.1) is 0 Å². The fourth-order valence-corrected chi connectivity index (χ4v) is 11.3. The molecule has 0 amide bonds. The highest BCUT2D eigenvalue weighted by Gasteiger charge is 2.55. The number of carbonyl (C=O) groups is 3. The highest BCUT2D eigenvalue weighted by atomic mass is 16.5. The van der Waals surface area contributed by atoms with E-state index in [1.54, 1.807) is 0 Å². The van der Waals surface area contributed by atoms with Gasteiger partial charge in [-0.1, -0.05) is 96.8 Å². The highest BCUT2D eigenvalue weighted by Crippen LogP contribution is 2.49. The molecule has 1 fully saturated rings. The van der Waals surface area contributed by atoms with E-state index in [0.29, 0.717) is 12.0 Å². The molecule has 8 atom stereocenters. The highest BCUT2D eigenvalue weighted by molar-refractivity contribution is 6.14. The molecule has 1 aliphatic carbocycles. The van der Waals surface area contributed by atoms with Crippen LogP contribution in [0.5, 0.6) is 0 Å². The lowest BCUT2D eigenvalue weighted by molar-refractivity contribution is -0.145. The molecule has 8 bridgehead atoms. The first kappa shape index (κ1) is 48.1. The number of aromatic nitrogens is 3. The van der Waals surface area contributed by atoms with E-state index in [0.717, 1.165) is 80.9 Å². The first-order valence-electron chi connectivity index (χ1n) is 24.4. The molecule has 3 unspecified atom stereocenters. The second kappa shape index (κ2) is 21.5. The van der Waals surface area contributed by atoms with E-state index in [2.05, 4.69) is 106 Å². The average Bonchev–Trinajstić information content (AvgIpc) is 4.00. The Bertz CT molecular complexity index is 2390. The van der Waals surface area contributed by atoms with Crippen LogP contribution in [0.25, 0.3) is 24.3 Å². The van der Waals surface area contributed by atoms with E-state index in [4.69, 9.17) is 9.47 Å². The number of allylic oxidation sites excluding steroid dienone is 1. The zero-order valence-corrected chi connectivity index (χ0v) is 40.4. The fraction of sp³-hybridized carbons (Fsp3) is 0.611. The minimum absolute atomic E-state index is 0.0194. The molecule has 344 valence electrons. The number of ketones is 1. The van der Waals surface area contributed by atoms with Crippen molar-refractivity contribution in [2.24, 2.45) is 29.6 Å². The van der Waals surface area contributed by atoms with Crippen LogP contribution in [0.3, 0.4) is 0 Å². The van der Waals surface area contributed by atoms with Crippen LogP contribution < -0.4 is 26.5 Å². The van der Waals surface area contributed by atoms with Crippen LogP contribution in [0.4, 0.5) is 0 Å². The maximum Gasteiger partial charge on any atom is 0.317 e. The van der Waals surface area contributed by atoms with Gasteiger partial charge in [0.2, 0.25) is 0 Å². The number of hydrogen-bond acceptors (Lipinski definition) is 6. The molecule has 0 spiro atoms. The van der Waals surface area contributed by atoms with Crippen molar-refractivity contribution in [3.05, 3.63) is 77.8 Å². The summed E-state index contributed by atoms with van der Waals surface area (Å²) in [5.41, 5.74) is 8.78. The number of fused-ring (bicyclic) bond motifs is 8. The van der Waals surface area contributed by atoms with Gasteiger partial charge in [0, 0.05) is 69.9 Å². The van der Waals surface area contributed by atoms with Crippen molar-refractivity contribution >= 4 is 42.0 Å². The van der Waals surface area contributed by atoms with Gasteiger partial charge in [0.15, 0.2) is 5.78 Å². The molecule has 0 radical (unpaired) electrons. The molecular weight excluding hydrogens is 785 g/mol. The maximum absolute atomic E-state index is 14.5. The third-order valence-electron chi connectivity index (χ3n) is 15.3. The second-order valence-corrected chi connectivity index (χ2v) is 19.6. The van der Waals surface area contributed by atoms with E-state index < -0.39 is 17.8 Å². The van der Waals surface area contributed by atoms with Crippen LogP contribution in [-0.2, 0) is 25.5 Å². The van der Waals surface area contributed by atoms with Gasteiger partial charge in [-0.3, -0.25) is 14.4 Å². The summed E-state index contributed by atoms with van der Waals surface area (Å²) in [6, 6.07) is -0.257. The summed E-state index contributed by atoms with van der Waals surface area (Å²) in [7, 11) is 1.36. The number of H-pyrrole nitrogens is 3. The minimum atomic E-state index is -0.991. The molecule has 3 aliphatic rings. The Hall–Kier alpha value is -4.37. The summed E-state index contributed by atoms with van der Waals surface area (Å²) < 4.78 is 11.2. The van der Waals surface area contributed by atoms with Crippen molar-refractivity contribution in [1.29, 1.82) is 0 Å². The molecule has 0 aromatic carbocycles. The van der Waals surface area contributed by atoms with E-state index in [-0.39, 0.29) is 48.7 Å². The molecule has 4 N–H and O–H groups in total. The summed E-state index contributed by atoms with van der Waals surface area (Å²) in [6.07, 6.45) is 24.9. The van der Waals surface area contributed by atoms with Gasteiger partial charge in [-0.05, 0) is 130 Å². The number of nitrogens with one attached hydrogen (secondary N) is 4. The van der Waals surface area contributed by atoms with Gasteiger partial charge >= 0.3 is 11.9 Å². The van der Waals surface area contributed by atoms with Crippen molar-refractivity contribution in [3.8, 4) is 0 Å². The number of esters is 2. The summed E-state index contributed by atoms with van der Waals surface area (Å²) in [5.74, 6) is -0.784. The molecule has 9 heteroatoms. The fourth-order valence-electron chi connectivity index (χ4n) is 11.3. The summed E-state index contributed by atoms with van der Waals surface area (Å²) >= 11 is 0. The van der Waals surface area contributed by atoms with Gasteiger partial charge in [0.1, 0.15) is 12.5 Å². The molecule has 63 heavy (non-hydrogen) atoms. The third-order valence-corrected chi connectivity index (χ3v) is 15.3. The number of carbonyl (C=O) groups excluding carboxylic acids is 3. The zero-order chi connectivity index (χ0) is 45.5. The Morgan fingerprint density at radius 3 is 2.14 bits per heavy atom. The molecular formula is C54H78N4O5. The number of unbranched alkanes of at least 4 members (excludes halogenated alkanes) is 2. The number of rotatable bonds is 18. The largest absolute Gasteiger partial charge is 0.468 e. The molecule has 5 heterocycles. The quantitative estimate of drug-likeness (QED) is 0.0440.